The van der Waals surface area contributed by atoms with E-state index < -0.39 is 5.92 Å². The standard InChI is InChI=1S/C22H31F2N3OS/c23-22(24)7-3-15(4-8-22)26-21(28)14-11-20(29-13-14)18-12-19(18)25-16-5-9-27(10-6-16)17-1-2-17/h11,13,15-19,25H,1-10,12H2,(H,26,28)/t18-,19+/m0/s1. The van der Waals surface area contributed by atoms with E-state index in [1.54, 1.807) is 11.3 Å². The van der Waals surface area contributed by atoms with Crippen molar-refractivity contribution in [3.63, 3.8) is 0 Å². The molecule has 0 unspecified atom stereocenters. The molecule has 4 fully saturated rings. The molecule has 0 radical (unpaired) electrons. The summed E-state index contributed by atoms with van der Waals surface area (Å²) in [6.07, 6.45) is 6.92. The van der Waals surface area contributed by atoms with E-state index in [0.29, 0.717) is 36.4 Å². The molecule has 7 heteroatoms. The Kier molecular flexibility index (Phi) is 5.41. The van der Waals surface area contributed by atoms with Crippen LogP contribution in [0.5, 0.6) is 0 Å². The molecule has 2 atom stereocenters. The van der Waals surface area contributed by atoms with Crippen LogP contribution in [0.15, 0.2) is 11.4 Å². The molecule has 1 aromatic heterocycles. The molecule has 3 aliphatic carbocycles. The Bertz CT molecular complexity index is 732. The molecule has 5 rings (SSSR count). The van der Waals surface area contributed by atoms with Crippen molar-refractivity contribution >= 4 is 17.2 Å². The van der Waals surface area contributed by atoms with E-state index in [9.17, 15) is 13.6 Å². The average molecular weight is 424 g/mol. The summed E-state index contributed by atoms with van der Waals surface area (Å²) >= 11 is 1.66. The molecule has 29 heavy (non-hydrogen) atoms. The highest BCUT2D eigenvalue weighted by Gasteiger charge is 2.42. The van der Waals surface area contributed by atoms with Gasteiger partial charge in [-0.1, -0.05) is 0 Å². The number of rotatable bonds is 6. The third-order valence-corrected chi connectivity index (χ3v) is 8.20. The molecule has 160 valence electrons. The third-order valence-electron chi connectivity index (χ3n) is 7.13. The summed E-state index contributed by atoms with van der Waals surface area (Å²) in [4.78, 5) is 16.4. The molecule has 0 aromatic carbocycles. The second kappa shape index (κ2) is 7.89. The van der Waals surface area contributed by atoms with Gasteiger partial charge in [0.1, 0.15) is 0 Å². The lowest BCUT2D eigenvalue weighted by molar-refractivity contribution is -0.0399. The van der Waals surface area contributed by atoms with Crippen molar-refractivity contribution in [3.8, 4) is 0 Å². The molecule has 2 N–H and O–H groups in total. The molecule has 0 spiro atoms. The molecule has 0 bridgehead atoms. The number of hydrogen-bond donors (Lipinski definition) is 2. The zero-order valence-electron chi connectivity index (χ0n) is 16.8. The number of amides is 1. The fourth-order valence-electron chi connectivity index (χ4n) is 4.99. The number of likely N-dealkylation sites (tertiary alicyclic amines) is 1. The van der Waals surface area contributed by atoms with Gasteiger partial charge in [0.2, 0.25) is 5.92 Å². The number of carbonyl (C=O) groups is 1. The van der Waals surface area contributed by atoms with E-state index >= 15 is 0 Å². The number of carbonyl (C=O) groups excluding carboxylic acids is 1. The van der Waals surface area contributed by atoms with Crippen molar-refractivity contribution in [2.24, 2.45) is 0 Å². The Morgan fingerprint density at radius 2 is 1.79 bits per heavy atom. The first-order valence-corrected chi connectivity index (χ1v) is 12.1. The molecular weight excluding hydrogens is 392 g/mol. The quantitative estimate of drug-likeness (QED) is 0.723. The van der Waals surface area contributed by atoms with Gasteiger partial charge in [-0.3, -0.25) is 4.79 Å². The van der Waals surface area contributed by atoms with Crippen LogP contribution in [0.2, 0.25) is 0 Å². The van der Waals surface area contributed by atoms with Crippen LogP contribution >= 0.6 is 11.3 Å². The van der Waals surface area contributed by atoms with Crippen molar-refractivity contribution in [2.45, 2.75) is 93.8 Å². The first-order chi connectivity index (χ1) is 14.0. The minimum absolute atomic E-state index is 0.111. The second-order valence-corrected chi connectivity index (χ2v) is 10.4. The SMILES string of the molecule is O=C(NC1CCC(F)(F)CC1)c1csc([C@H]2C[C@H]2NC2CCN(C3CC3)CC2)c1. The van der Waals surface area contributed by atoms with Gasteiger partial charge in [0.15, 0.2) is 0 Å². The molecule has 2 heterocycles. The Hall–Kier alpha value is -1.05. The highest BCUT2D eigenvalue weighted by Crippen LogP contribution is 2.44. The first-order valence-electron chi connectivity index (χ1n) is 11.2. The Morgan fingerprint density at radius 1 is 1.07 bits per heavy atom. The molecule has 3 saturated carbocycles. The number of alkyl halides is 2. The van der Waals surface area contributed by atoms with Crippen molar-refractivity contribution in [1.82, 2.24) is 15.5 Å². The smallest absolute Gasteiger partial charge is 0.252 e. The monoisotopic (exact) mass is 423 g/mol. The summed E-state index contributed by atoms with van der Waals surface area (Å²) in [5.41, 5.74) is 0.686. The molecular formula is C22H31F2N3OS. The largest absolute Gasteiger partial charge is 0.349 e. The van der Waals surface area contributed by atoms with Gasteiger partial charge in [-0.15, -0.1) is 11.3 Å². The van der Waals surface area contributed by atoms with Crippen LogP contribution in [0.3, 0.4) is 0 Å². The molecule has 4 nitrogen and oxygen atoms in total. The number of hydrogen-bond acceptors (Lipinski definition) is 4. The number of nitrogens with one attached hydrogen (secondary N) is 2. The predicted molar refractivity (Wildman–Crippen MR) is 111 cm³/mol. The Morgan fingerprint density at radius 3 is 2.48 bits per heavy atom. The summed E-state index contributed by atoms with van der Waals surface area (Å²) in [5, 5.41) is 8.72. The highest BCUT2D eigenvalue weighted by molar-refractivity contribution is 7.10. The Balaban J connectivity index is 1.07. The third kappa shape index (κ3) is 4.83. The lowest BCUT2D eigenvalue weighted by atomic mass is 9.92. The minimum Gasteiger partial charge on any atom is -0.349 e. The molecule has 1 saturated heterocycles. The van der Waals surface area contributed by atoms with E-state index in [4.69, 9.17) is 0 Å². The van der Waals surface area contributed by atoms with Crippen LogP contribution < -0.4 is 10.6 Å². The minimum atomic E-state index is -2.56. The molecule has 1 aliphatic heterocycles. The van der Waals surface area contributed by atoms with E-state index in [1.165, 1.54) is 43.6 Å². The van der Waals surface area contributed by atoms with Gasteiger partial charge < -0.3 is 15.5 Å². The average Bonchev–Trinajstić information content (AvgIpc) is 3.63. The normalized spacial score (nSPS) is 31.0. The topological polar surface area (TPSA) is 44.4 Å². The number of thiophene rings is 1. The highest BCUT2D eigenvalue weighted by atomic mass is 32.1. The van der Waals surface area contributed by atoms with Gasteiger partial charge >= 0.3 is 0 Å². The summed E-state index contributed by atoms with van der Waals surface area (Å²) in [6.45, 7) is 2.46. The zero-order chi connectivity index (χ0) is 20.0. The van der Waals surface area contributed by atoms with Crippen LogP contribution in [-0.4, -0.2) is 54.0 Å². The van der Waals surface area contributed by atoms with Gasteiger partial charge in [-0.05, 0) is 64.1 Å². The van der Waals surface area contributed by atoms with E-state index in [1.807, 2.05) is 11.4 Å². The fourth-order valence-corrected chi connectivity index (χ4v) is 6.06. The second-order valence-electron chi connectivity index (χ2n) is 9.50. The van der Waals surface area contributed by atoms with E-state index in [-0.39, 0.29) is 24.8 Å². The number of piperidine rings is 1. The molecule has 1 aromatic rings. The molecule has 1 amide bonds. The fraction of sp³-hybridized carbons (Fsp3) is 0.773. The van der Waals surface area contributed by atoms with E-state index in [0.717, 1.165) is 12.5 Å². The number of nitrogens with zero attached hydrogens (tertiary/aromatic N) is 1. The van der Waals surface area contributed by atoms with Crippen molar-refractivity contribution in [1.29, 1.82) is 0 Å². The molecule has 4 aliphatic rings. The summed E-state index contributed by atoms with van der Waals surface area (Å²) in [6, 6.07) is 3.95. The van der Waals surface area contributed by atoms with Crippen LogP contribution in [0.25, 0.3) is 0 Å². The van der Waals surface area contributed by atoms with E-state index in [2.05, 4.69) is 15.5 Å². The Labute approximate surface area is 175 Å². The lowest BCUT2D eigenvalue weighted by Gasteiger charge is -2.32. The zero-order valence-corrected chi connectivity index (χ0v) is 17.7. The maximum atomic E-state index is 13.3. The van der Waals surface area contributed by atoms with Crippen LogP contribution in [0.4, 0.5) is 8.78 Å². The van der Waals surface area contributed by atoms with Crippen LogP contribution in [0.1, 0.15) is 78.9 Å². The summed E-state index contributed by atoms with van der Waals surface area (Å²) in [5.74, 6) is -2.14. The van der Waals surface area contributed by atoms with Crippen molar-refractivity contribution < 1.29 is 13.6 Å². The maximum Gasteiger partial charge on any atom is 0.252 e. The van der Waals surface area contributed by atoms with Gasteiger partial charge in [0.25, 0.3) is 5.91 Å². The van der Waals surface area contributed by atoms with Gasteiger partial charge in [0.05, 0.1) is 5.56 Å². The van der Waals surface area contributed by atoms with Crippen molar-refractivity contribution in [3.05, 3.63) is 21.9 Å². The maximum absolute atomic E-state index is 13.3. The van der Waals surface area contributed by atoms with Crippen LogP contribution in [-0.2, 0) is 0 Å². The lowest BCUT2D eigenvalue weighted by Crippen LogP contribution is -2.44. The first kappa shape index (κ1) is 19.9. The van der Waals surface area contributed by atoms with Crippen molar-refractivity contribution in [2.75, 3.05) is 13.1 Å². The summed E-state index contributed by atoms with van der Waals surface area (Å²) in [7, 11) is 0. The summed E-state index contributed by atoms with van der Waals surface area (Å²) < 4.78 is 26.6. The number of halogens is 2. The van der Waals surface area contributed by atoms with Gasteiger partial charge in [-0.25, -0.2) is 8.78 Å². The van der Waals surface area contributed by atoms with Gasteiger partial charge in [-0.2, -0.15) is 0 Å². The van der Waals surface area contributed by atoms with Gasteiger partial charge in [0, 0.05) is 53.2 Å². The predicted octanol–water partition coefficient (Wildman–Crippen LogP) is 4.13. The van der Waals surface area contributed by atoms with Crippen LogP contribution in [0, 0.1) is 0 Å².